The molecule has 168 valence electrons. The van der Waals surface area contributed by atoms with Crippen molar-refractivity contribution in [2.24, 2.45) is 4.99 Å². The highest BCUT2D eigenvalue weighted by Crippen LogP contribution is 2.16. The van der Waals surface area contributed by atoms with Gasteiger partial charge in [0.1, 0.15) is 12.4 Å². The molecule has 0 radical (unpaired) electrons. The monoisotopic (exact) mass is 432 g/mol. The molecule has 1 unspecified atom stereocenters. The lowest BCUT2D eigenvalue weighted by molar-refractivity contribution is 0.0646. The van der Waals surface area contributed by atoms with Crippen LogP contribution in [0.4, 0.5) is 0 Å². The Morgan fingerprint density at radius 3 is 2.47 bits per heavy atom. The van der Waals surface area contributed by atoms with Crippen molar-refractivity contribution in [3.63, 3.8) is 0 Å². The van der Waals surface area contributed by atoms with Crippen LogP contribution >= 0.6 is 0 Å². The highest BCUT2D eigenvalue weighted by atomic mass is 16.5. The number of nitrogens with zero attached hydrogens (tertiary/aromatic N) is 2. The molecule has 32 heavy (non-hydrogen) atoms. The van der Waals surface area contributed by atoms with Crippen LogP contribution in [-0.4, -0.2) is 31.1 Å². The minimum atomic E-state index is 0.101. The molecule has 2 aromatic carbocycles. The summed E-state index contributed by atoms with van der Waals surface area (Å²) in [4.78, 5) is 8.55. The van der Waals surface area contributed by atoms with Gasteiger partial charge in [-0.1, -0.05) is 48.5 Å². The Kier molecular flexibility index (Phi) is 9.55. The number of rotatable bonds is 11. The molecule has 0 fully saturated rings. The summed E-state index contributed by atoms with van der Waals surface area (Å²) < 4.78 is 11.7. The van der Waals surface area contributed by atoms with Crippen LogP contribution in [0, 0.1) is 0 Å². The Labute approximate surface area is 190 Å². The van der Waals surface area contributed by atoms with Crippen molar-refractivity contribution in [1.29, 1.82) is 0 Å². The number of aromatic nitrogens is 1. The van der Waals surface area contributed by atoms with Gasteiger partial charge in [-0.25, -0.2) is 0 Å². The third-order valence-corrected chi connectivity index (χ3v) is 4.97. The summed E-state index contributed by atoms with van der Waals surface area (Å²) in [7, 11) is 1.78. The molecule has 3 rings (SSSR count). The first kappa shape index (κ1) is 23.3. The zero-order chi connectivity index (χ0) is 22.4. The van der Waals surface area contributed by atoms with Crippen LogP contribution in [0.3, 0.4) is 0 Å². The summed E-state index contributed by atoms with van der Waals surface area (Å²) in [6, 6.07) is 24.1. The van der Waals surface area contributed by atoms with Gasteiger partial charge in [0, 0.05) is 32.9 Å². The van der Waals surface area contributed by atoms with Crippen LogP contribution in [0.5, 0.6) is 5.75 Å². The van der Waals surface area contributed by atoms with Crippen molar-refractivity contribution in [3.8, 4) is 5.75 Å². The molecular weight excluding hydrogens is 400 g/mol. The standard InChI is InChI=1S/C26H32N4O2/c1-21(23-9-4-3-5-10-23)31-18-8-17-29-26(27-2)30-19-22-12-14-25(15-13-22)32-20-24-11-6-7-16-28-24/h3-7,9-16,21H,8,17-20H2,1-2H3,(H2,27,29,30). The Hall–Kier alpha value is -3.38. The molecule has 1 aromatic heterocycles. The van der Waals surface area contributed by atoms with E-state index < -0.39 is 0 Å². The summed E-state index contributed by atoms with van der Waals surface area (Å²) >= 11 is 0. The zero-order valence-corrected chi connectivity index (χ0v) is 18.8. The fourth-order valence-electron chi connectivity index (χ4n) is 3.11. The van der Waals surface area contributed by atoms with Gasteiger partial charge < -0.3 is 20.1 Å². The summed E-state index contributed by atoms with van der Waals surface area (Å²) in [5.74, 6) is 1.60. The fourth-order valence-corrected chi connectivity index (χ4v) is 3.11. The van der Waals surface area contributed by atoms with Gasteiger partial charge in [-0.3, -0.25) is 9.98 Å². The molecule has 1 heterocycles. The molecule has 0 aliphatic heterocycles. The molecule has 0 saturated heterocycles. The number of pyridine rings is 1. The molecule has 0 spiro atoms. The second-order valence-electron chi connectivity index (χ2n) is 7.38. The highest BCUT2D eigenvalue weighted by Gasteiger charge is 2.05. The van der Waals surface area contributed by atoms with E-state index in [1.54, 1.807) is 13.2 Å². The number of ether oxygens (including phenoxy) is 2. The summed E-state index contributed by atoms with van der Waals surface area (Å²) in [5, 5.41) is 6.67. The summed E-state index contributed by atoms with van der Waals surface area (Å²) in [5.41, 5.74) is 3.26. The smallest absolute Gasteiger partial charge is 0.191 e. The van der Waals surface area contributed by atoms with Gasteiger partial charge in [-0.15, -0.1) is 0 Å². The average Bonchev–Trinajstić information content (AvgIpc) is 2.86. The molecule has 6 nitrogen and oxygen atoms in total. The zero-order valence-electron chi connectivity index (χ0n) is 18.8. The van der Waals surface area contributed by atoms with Gasteiger partial charge in [0.05, 0.1) is 11.8 Å². The van der Waals surface area contributed by atoms with Crippen LogP contribution in [-0.2, 0) is 17.9 Å². The van der Waals surface area contributed by atoms with Gasteiger partial charge >= 0.3 is 0 Å². The normalized spacial score (nSPS) is 12.2. The maximum Gasteiger partial charge on any atom is 0.191 e. The van der Waals surface area contributed by atoms with E-state index in [9.17, 15) is 0 Å². The SMILES string of the molecule is CN=C(NCCCOC(C)c1ccccc1)NCc1ccc(OCc2ccccn2)cc1. The predicted octanol–water partition coefficient (Wildman–Crippen LogP) is 4.49. The van der Waals surface area contributed by atoms with Crippen molar-refractivity contribution in [2.75, 3.05) is 20.2 Å². The second-order valence-corrected chi connectivity index (χ2v) is 7.38. The van der Waals surface area contributed by atoms with E-state index in [4.69, 9.17) is 9.47 Å². The van der Waals surface area contributed by atoms with Gasteiger partial charge in [0.25, 0.3) is 0 Å². The minimum Gasteiger partial charge on any atom is -0.487 e. The first-order chi connectivity index (χ1) is 15.7. The third-order valence-electron chi connectivity index (χ3n) is 4.97. The van der Waals surface area contributed by atoms with Gasteiger partial charge in [0.15, 0.2) is 5.96 Å². The first-order valence-corrected chi connectivity index (χ1v) is 11.0. The van der Waals surface area contributed by atoms with E-state index in [0.717, 1.165) is 35.9 Å². The molecule has 3 aromatic rings. The number of aliphatic imine (C=N–C) groups is 1. The first-order valence-electron chi connectivity index (χ1n) is 11.0. The van der Waals surface area contributed by atoms with Crippen molar-refractivity contribution in [2.45, 2.75) is 32.6 Å². The van der Waals surface area contributed by atoms with Crippen LogP contribution in [0.2, 0.25) is 0 Å². The predicted molar refractivity (Wildman–Crippen MR) is 129 cm³/mol. The lowest BCUT2D eigenvalue weighted by Gasteiger charge is -2.15. The maximum atomic E-state index is 5.92. The third kappa shape index (κ3) is 8.04. The molecule has 2 N–H and O–H groups in total. The molecule has 0 bridgehead atoms. The maximum absolute atomic E-state index is 5.92. The summed E-state index contributed by atoms with van der Waals surface area (Å²) in [6.07, 6.45) is 2.77. The topological polar surface area (TPSA) is 67.8 Å². The average molecular weight is 433 g/mol. The van der Waals surface area contributed by atoms with E-state index >= 15 is 0 Å². The molecule has 0 aliphatic carbocycles. The van der Waals surface area contributed by atoms with Crippen molar-refractivity contribution in [3.05, 3.63) is 95.8 Å². The Morgan fingerprint density at radius 1 is 0.969 bits per heavy atom. The number of guanidine groups is 1. The van der Waals surface area contributed by atoms with Crippen molar-refractivity contribution < 1.29 is 9.47 Å². The second kappa shape index (κ2) is 13.1. The number of hydrogen-bond acceptors (Lipinski definition) is 4. The van der Waals surface area contributed by atoms with E-state index in [2.05, 4.69) is 39.7 Å². The molecule has 6 heteroatoms. The van der Waals surface area contributed by atoms with Crippen LogP contribution in [0.25, 0.3) is 0 Å². The van der Waals surface area contributed by atoms with E-state index in [0.29, 0.717) is 19.8 Å². The van der Waals surface area contributed by atoms with Crippen LogP contribution < -0.4 is 15.4 Å². The molecule has 0 amide bonds. The lowest BCUT2D eigenvalue weighted by atomic mass is 10.1. The van der Waals surface area contributed by atoms with Crippen molar-refractivity contribution >= 4 is 5.96 Å². The fraction of sp³-hybridized carbons (Fsp3) is 0.308. The number of nitrogens with one attached hydrogen (secondary N) is 2. The van der Waals surface area contributed by atoms with Gasteiger partial charge in [0.2, 0.25) is 0 Å². The Morgan fingerprint density at radius 2 is 1.75 bits per heavy atom. The molecule has 1 atom stereocenters. The van der Waals surface area contributed by atoms with E-state index in [-0.39, 0.29) is 6.10 Å². The minimum absolute atomic E-state index is 0.101. The largest absolute Gasteiger partial charge is 0.487 e. The number of hydrogen-bond donors (Lipinski definition) is 2. The van der Waals surface area contributed by atoms with Gasteiger partial charge in [-0.05, 0) is 48.7 Å². The van der Waals surface area contributed by atoms with Gasteiger partial charge in [-0.2, -0.15) is 0 Å². The quantitative estimate of drug-likeness (QED) is 0.265. The molecule has 0 aliphatic rings. The van der Waals surface area contributed by atoms with E-state index in [1.807, 2.05) is 60.7 Å². The van der Waals surface area contributed by atoms with Crippen LogP contribution in [0.1, 0.15) is 36.3 Å². The molecular formula is C26H32N4O2. The molecule has 0 saturated carbocycles. The number of benzene rings is 2. The lowest BCUT2D eigenvalue weighted by Crippen LogP contribution is -2.37. The van der Waals surface area contributed by atoms with E-state index in [1.165, 1.54) is 5.56 Å². The Balaban J connectivity index is 1.31. The Bertz CT molecular complexity index is 931. The van der Waals surface area contributed by atoms with Crippen molar-refractivity contribution in [1.82, 2.24) is 15.6 Å². The summed E-state index contributed by atoms with van der Waals surface area (Å²) in [6.45, 7) is 4.71. The highest BCUT2D eigenvalue weighted by molar-refractivity contribution is 5.79. The van der Waals surface area contributed by atoms with Crippen LogP contribution in [0.15, 0.2) is 84.0 Å².